The number of nitrogens with zero attached hydrogens (tertiary/aromatic N) is 2. The average Bonchev–Trinajstić information content (AvgIpc) is 3.75. The molecule has 4 unspecified atom stereocenters. The van der Waals surface area contributed by atoms with Gasteiger partial charge in [-0.2, -0.15) is 0 Å². The van der Waals surface area contributed by atoms with Crippen LogP contribution in [-0.2, 0) is 23.9 Å². The molecule has 7 nitrogen and oxygen atoms in total. The lowest BCUT2D eigenvalue weighted by Gasteiger charge is -2.25. The summed E-state index contributed by atoms with van der Waals surface area (Å²) >= 11 is 0. The standard InChI is InChI=1S/C15H15F2NO2.C15H15NO3.2CH4/c16-15(17)6-10-11(7-15)13(19)18-12(10)8-20-14(18)9-4-2-1-3-5-9;17-10-6-11-12(7-10)14(18)16-13(11)8-19-15(16)9-4-2-1-3-5-9;;/h1-5,10-12,14H,6-8H2;1-5,11-13,15H,6-8H2;2*1H4/t10-,11?,12?,14-;11-,12?,13?,15-;;/m00../s1. The van der Waals surface area contributed by atoms with E-state index < -0.39 is 18.1 Å². The molecule has 2 amide bonds. The first kappa shape index (κ1) is 29.3. The van der Waals surface area contributed by atoms with Crippen molar-refractivity contribution < 1.29 is 32.6 Å². The van der Waals surface area contributed by atoms with Crippen LogP contribution in [-0.4, -0.2) is 58.6 Å². The van der Waals surface area contributed by atoms with Gasteiger partial charge in [0.05, 0.1) is 31.2 Å². The molecule has 6 aliphatic rings. The van der Waals surface area contributed by atoms with Gasteiger partial charge in [-0.3, -0.25) is 14.4 Å². The Bertz CT molecular complexity index is 1290. The number of carbonyl (C=O) groups is 3. The normalized spacial score (nSPS) is 35.6. The lowest BCUT2D eigenvalue weighted by molar-refractivity contribution is -0.139. The van der Waals surface area contributed by atoms with Crippen LogP contribution in [0.5, 0.6) is 0 Å². The maximum atomic E-state index is 13.5. The van der Waals surface area contributed by atoms with E-state index in [1.54, 1.807) is 4.90 Å². The van der Waals surface area contributed by atoms with E-state index in [1.807, 2.05) is 65.6 Å². The van der Waals surface area contributed by atoms with Crippen molar-refractivity contribution in [3.05, 3.63) is 71.8 Å². The minimum atomic E-state index is -2.69. The summed E-state index contributed by atoms with van der Waals surface area (Å²) in [4.78, 5) is 40.0. The summed E-state index contributed by atoms with van der Waals surface area (Å²) in [5.41, 5.74) is 1.93. The minimum absolute atomic E-state index is 0. The first-order valence-electron chi connectivity index (χ1n) is 13.7. The van der Waals surface area contributed by atoms with E-state index in [1.165, 1.54) is 0 Å². The molecule has 9 heteroatoms. The molecule has 0 aromatic heterocycles. The molecule has 2 aromatic carbocycles. The van der Waals surface area contributed by atoms with Gasteiger partial charge in [-0.05, 0) is 5.92 Å². The van der Waals surface area contributed by atoms with E-state index in [-0.39, 0.29) is 81.4 Å². The number of hydrogen-bond donors (Lipinski definition) is 0. The van der Waals surface area contributed by atoms with Crippen molar-refractivity contribution in [1.29, 1.82) is 0 Å². The first-order valence-corrected chi connectivity index (χ1v) is 13.7. The van der Waals surface area contributed by atoms with Crippen molar-refractivity contribution in [1.82, 2.24) is 9.80 Å². The van der Waals surface area contributed by atoms with Gasteiger partial charge in [0.25, 0.3) is 0 Å². The second kappa shape index (κ2) is 10.9. The molecule has 0 N–H and O–H groups in total. The molecule has 8 rings (SSSR count). The molecule has 4 saturated heterocycles. The van der Waals surface area contributed by atoms with Gasteiger partial charge in [-0.25, -0.2) is 8.78 Å². The number of benzene rings is 2. The monoisotopic (exact) mass is 568 g/mol. The van der Waals surface area contributed by atoms with E-state index >= 15 is 0 Å². The van der Waals surface area contributed by atoms with Crippen LogP contribution in [0.15, 0.2) is 60.7 Å². The zero-order valence-corrected chi connectivity index (χ0v) is 21.3. The third kappa shape index (κ3) is 4.77. The van der Waals surface area contributed by atoms with E-state index in [4.69, 9.17) is 9.47 Å². The lowest BCUT2D eigenvalue weighted by atomic mass is 9.94. The summed E-state index contributed by atoms with van der Waals surface area (Å²) in [7, 11) is 0. The third-order valence-corrected chi connectivity index (χ3v) is 9.37. The Kier molecular flexibility index (Phi) is 7.80. The predicted octanol–water partition coefficient (Wildman–Crippen LogP) is 5.38. The number of halogens is 2. The van der Waals surface area contributed by atoms with Crippen molar-refractivity contribution >= 4 is 17.6 Å². The molecular formula is C32H38F2N2O5. The van der Waals surface area contributed by atoms with Crippen molar-refractivity contribution in [2.45, 2.75) is 71.0 Å². The molecule has 8 atom stereocenters. The zero-order valence-electron chi connectivity index (χ0n) is 21.3. The highest BCUT2D eigenvalue weighted by molar-refractivity contribution is 5.93. The first-order chi connectivity index (χ1) is 18.8. The fourth-order valence-corrected chi connectivity index (χ4v) is 7.68. The van der Waals surface area contributed by atoms with Gasteiger partial charge in [-0.1, -0.05) is 75.5 Å². The van der Waals surface area contributed by atoms with Gasteiger partial charge >= 0.3 is 0 Å². The molecule has 0 bridgehead atoms. The molecule has 2 aromatic rings. The highest BCUT2D eigenvalue weighted by atomic mass is 19.3. The van der Waals surface area contributed by atoms with Gasteiger partial charge in [0.1, 0.15) is 5.78 Å². The average molecular weight is 569 g/mol. The van der Waals surface area contributed by atoms with Crippen LogP contribution in [0.3, 0.4) is 0 Å². The molecule has 41 heavy (non-hydrogen) atoms. The van der Waals surface area contributed by atoms with Crippen LogP contribution in [0.25, 0.3) is 0 Å². The lowest BCUT2D eigenvalue weighted by Crippen LogP contribution is -2.35. The van der Waals surface area contributed by atoms with Crippen molar-refractivity contribution in [3.8, 4) is 0 Å². The highest BCUT2D eigenvalue weighted by Crippen LogP contribution is 2.54. The Morgan fingerprint density at radius 3 is 1.68 bits per heavy atom. The summed E-state index contributed by atoms with van der Waals surface area (Å²) in [6, 6.07) is 19.2. The summed E-state index contributed by atoms with van der Waals surface area (Å²) < 4.78 is 38.5. The van der Waals surface area contributed by atoms with Crippen LogP contribution in [0.2, 0.25) is 0 Å². The van der Waals surface area contributed by atoms with Crippen molar-refractivity contribution in [3.63, 3.8) is 0 Å². The smallest absolute Gasteiger partial charge is 0.249 e. The second-order valence-electron chi connectivity index (χ2n) is 11.6. The van der Waals surface area contributed by atoms with Gasteiger partial charge in [0, 0.05) is 48.6 Å². The highest BCUT2D eigenvalue weighted by Gasteiger charge is 2.62. The Morgan fingerprint density at radius 1 is 0.659 bits per heavy atom. The molecule has 6 fully saturated rings. The number of alkyl halides is 2. The zero-order chi connectivity index (χ0) is 26.9. The second-order valence-corrected chi connectivity index (χ2v) is 11.6. The molecule has 4 heterocycles. The molecule has 0 spiro atoms. The van der Waals surface area contributed by atoms with E-state index in [2.05, 4.69) is 0 Å². The summed E-state index contributed by atoms with van der Waals surface area (Å²) in [6.45, 7) is 0.919. The SMILES string of the molecule is C.C.O=C1C2CC(F)(F)C[C@@H]2C2CO[C@@H](c3ccccc3)N12.O=C1CC2C(=O)N3C(CO[C@H]3c3ccccc3)[C@H]2C1. The number of ketones is 1. The minimum Gasteiger partial charge on any atom is -0.352 e. The number of ether oxygens (including phenoxy) is 2. The fourth-order valence-electron chi connectivity index (χ4n) is 7.68. The van der Waals surface area contributed by atoms with Gasteiger partial charge in [0.2, 0.25) is 17.7 Å². The van der Waals surface area contributed by atoms with Crippen molar-refractivity contribution in [2.24, 2.45) is 23.7 Å². The largest absolute Gasteiger partial charge is 0.352 e. The number of rotatable bonds is 2. The maximum Gasteiger partial charge on any atom is 0.249 e. The van der Waals surface area contributed by atoms with Gasteiger partial charge < -0.3 is 19.3 Å². The molecule has 4 aliphatic heterocycles. The van der Waals surface area contributed by atoms with Crippen LogP contribution < -0.4 is 0 Å². The van der Waals surface area contributed by atoms with Crippen LogP contribution >= 0.6 is 0 Å². The van der Waals surface area contributed by atoms with Crippen LogP contribution in [0.1, 0.15) is 64.1 Å². The number of amides is 2. The van der Waals surface area contributed by atoms with Gasteiger partial charge in [-0.15, -0.1) is 0 Å². The number of fused-ring (bicyclic) bond motifs is 6. The van der Waals surface area contributed by atoms with E-state index in [9.17, 15) is 23.2 Å². The summed E-state index contributed by atoms with van der Waals surface area (Å²) in [5.74, 6) is -3.22. The summed E-state index contributed by atoms with van der Waals surface area (Å²) in [5, 5.41) is 0. The maximum absolute atomic E-state index is 13.5. The number of hydrogen-bond acceptors (Lipinski definition) is 5. The van der Waals surface area contributed by atoms with Crippen LogP contribution in [0.4, 0.5) is 8.78 Å². The number of carbonyl (C=O) groups excluding carboxylic acids is 3. The Hall–Kier alpha value is -3.17. The fraction of sp³-hybridized carbons (Fsp3) is 0.531. The van der Waals surface area contributed by atoms with E-state index in [0.717, 1.165) is 11.1 Å². The predicted molar refractivity (Wildman–Crippen MR) is 147 cm³/mol. The summed E-state index contributed by atoms with van der Waals surface area (Å²) in [6.07, 6.45) is -0.187. The number of Topliss-reactive ketones (excluding diaryl/α,β-unsaturated/α-hetero) is 1. The Labute approximate surface area is 239 Å². The van der Waals surface area contributed by atoms with Gasteiger partial charge in [0.15, 0.2) is 12.5 Å². The molecule has 220 valence electrons. The topological polar surface area (TPSA) is 76.2 Å². The Morgan fingerprint density at radius 2 is 1.15 bits per heavy atom. The third-order valence-electron chi connectivity index (χ3n) is 9.37. The Balaban J connectivity index is 0.000000157. The van der Waals surface area contributed by atoms with Crippen molar-refractivity contribution in [2.75, 3.05) is 13.2 Å². The molecular weight excluding hydrogens is 530 g/mol. The molecule has 2 saturated carbocycles. The van der Waals surface area contributed by atoms with E-state index in [0.29, 0.717) is 26.1 Å². The molecule has 2 aliphatic carbocycles. The van der Waals surface area contributed by atoms with Crippen LogP contribution in [0, 0.1) is 23.7 Å². The quantitative estimate of drug-likeness (QED) is 0.486. The molecule has 0 radical (unpaired) electrons.